The Morgan fingerprint density at radius 3 is 2.58 bits per heavy atom. The third-order valence-corrected chi connectivity index (χ3v) is 5.45. The van der Waals surface area contributed by atoms with Gasteiger partial charge >= 0.3 is 5.97 Å². The lowest BCUT2D eigenvalue weighted by Crippen LogP contribution is -2.27. The second kappa shape index (κ2) is 10.2. The van der Waals surface area contributed by atoms with Gasteiger partial charge in [-0.2, -0.15) is 0 Å². The van der Waals surface area contributed by atoms with Gasteiger partial charge in [-0.05, 0) is 44.2 Å². The molecular formula is C22H25N3O5S. The summed E-state index contributed by atoms with van der Waals surface area (Å²) in [6.45, 7) is 4.73. The highest BCUT2D eigenvalue weighted by Crippen LogP contribution is 2.31. The Labute approximate surface area is 184 Å². The molecule has 3 aromatic rings. The predicted molar refractivity (Wildman–Crippen MR) is 118 cm³/mol. The Hall–Kier alpha value is -3.17. The van der Waals surface area contributed by atoms with Crippen molar-refractivity contribution < 1.29 is 23.8 Å². The van der Waals surface area contributed by atoms with Crippen LogP contribution in [0.4, 0.5) is 0 Å². The van der Waals surface area contributed by atoms with Crippen LogP contribution in [0, 0.1) is 6.92 Å². The fraction of sp³-hybridized carbons (Fsp3) is 0.318. The highest BCUT2D eigenvalue weighted by atomic mass is 32.1. The number of carbonyl (C=O) groups is 2. The Morgan fingerprint density at radius 2 is 1.94 bits per heavy atom. The Balaban J connectivity index is 2.06. The molecule has 1 aromatic carbocycles. The molecule has 0 spiro atoms. The number of esters is 1. The lowest BCUT2D eigenvalue weighted by atomic mass is 10.2. The van der Waals surface area contributed by atoms with Crippen molar-refractivity contribution in [3.05, 3.63) is 52.0 Å². The van der Waals surface area contributed by atoms with Crippen LogP contribution in [0.1, 0.15) is 32.8 Å². The zero-order valence-electron chi connectivity index (χ0n) is 17.9. The van der Waals surface area contributed by atoms with Crippen LogP contribution < -0.4 is 10.1 Å². The molecule has 0 fully saturated rings. The average Bonchev–Trinajstić information content (AvgIpc) is 3.39. The minimum Gasteiger partial charge on any atom is -0.497 e. The summed E-state index contributed by atoms with van der Waals surface area (Å²) in [7, 11) is 3.19. The predicted octanol–water partition coefficient (Wildman–Crippen LogP) is 3.47. The van der Waals surface area contributed by atoms with E-state index in [4.69, 9.17) is 14.2 Å². The van der Waals surface area contributed by atoms with Crippen LogP contribution in [-0.4, -0.2) is 55.4 Å². The lowest BCUT2D eigenvalue weighted by Gasteiger charge is -2.12. The van der Waals surface area contributed by atoms with Crippen molar-refractivity contribution in [3.63, 3.8) is 0 Å². The van der Waals surface area contributed by atoms with Crippen molar-refractivity contribution in [1.82, 2.24) is 14.9 Å². The number of nitrogens with zero attached hydrogens (tertiary/aromatic N) is 2. The minimum atomic E-state index is -0.462. The van der Waals surface area contributed by atoms with Gasteiger partial charge in [-0.15, -0.1) is 11.3 Å². The van der Waals surface area contributed by atoms with Gasteiger partial charge in [0.15, 0.2) is 0 Å². The molecular weight excluding hydrogens is 418 g/mol. The molecule has 0 saturated carbocycles. The molecule has 3 rings (SSSR count). The van der Waals surface area contributed by atoms with E-state index in [9.17, 15) is 9.59 Å². The van der Waals surface area contributed by atoms with Gasteiger partial charge in [-0.25, -0.2) is 9.78 Å². The van der Waals surface area contributed by atoms with E-state index in [2.05, 4.69) is 10.3 Å². The van der Waals surface area contributed by atoms with E-state index in [0.29, 0.717) is 30.1 Å². The molecule has 0 aliphatic carbocycles. The van der Waals surface area contributed by atoms with Crippen LogP contribution in [0.5, 0.6) is 5.75 Å². The SMILES string of the molecule is CCOC(=O)c1nc(-c2cc(C(=O)NCCOC)c(C)n2-c2ccc(OC)cc2)cs1. The Bertz CT molecular complexity index is 1060. The molecule has 1 N–H and O–H groups in total. The van der Waals surface area contributed by atoms with Crippen molar-refractivity contribution in [1.29, 1.82) is 0 Å². The molecule has 0 aliphatic heterocycles. The molecule has 164 valence electrons. The molecule has 8 nitrogen and oxygen atoms in total. The van der Waals surface area contributed by atoms with E-state index in [0.717, 1.165) is 17.1 Å². The van der Waals surface area contributed by atoms with Crippen molar-refractivity contribution in [2.75, 3.05) is 34.0 Å². The standard InChI is InChI=1S/C22H25N3O5S/c1-5-30-22(27)21-24-18(13-31-21)19-12-17(20(26)23-10-11-28-3)14(2)25(19)15-6-8-16(29-4)9-7-15/h6-9,12-13H,5,10-11H2,1-4H3,(H,23,26). The number of ether oxygens (including phenoxy) is 3. The number of amides is 1. The molecule has 31 heavy (non-hydrogen) atoms. The van der Waals surface area contributed by atoms with Gasteiger partial charge in [-0.1, -0.05) is 0 Å². The van der Waals surface area contributed by atoms with Crippen LogP contribution in [0.2, 0.25) is 0 Å². The molecule has 0 bridgehead atoms. The Kier molecular flexibility index (Phi) is 7.43. The number of aromatic nitrogens is 2. The molecule has 2 aromatic heterocycles. The zero-order chi connectivity index (χ0) is 22.4. The summed E-state index contributed by atoms with van der Waals surface area (Å²) in [5.41, 5.74) is 3.40. The fourth-order valence-corrected chi connectivity index (χ4v) is 3.83. The molecule has 0 unspecified atom stereocenters. The summed E-state index contributed by atoms with van der Waals surface area (Å²) in [4.78, 5) is 29.3. The van der Waals surface area contributed by atoms with Gasteiger partial charge in [0.05, 0.1) is 37.3 Å². The quantitative estimate of drug-likeness (QED) is 0.402. The van der Waals surface area contributed by atoms with Gasteiger partial charge in [0.1, 0.15) is 5.75 Å². The summed E-state index contributed by atoms with van der Waals surface area (Å²) < 4.78 is 17.3. The first-order chi connectivity index (χ1) is 15.0. The summed E-state index contributed by atoms with van der Waals surface area (Å²) in [6.07, 6.45) is 0. The number of benzene rings is 1. The highest BCUT2D eigenvalue weighted by molar-refractivity contribution is 7.11. The molecule has 0 aliphatic rings. The monoisotopic (exact) mass is 443 g/mol. The number of carbonyl (C=O) groups excluding carboxylic acids is 2. The number of thiazole rings is 1. The van der Waals surface area contributed by atoms with Gasteiger partial charge in [-0.3, -0.25) is 4.79 Å². The lowest BCUT2D eigenvalue weighted by molar-refractivity contribution is 0.0526. The van der Waals surface area contributed by atoms with Gasteiger partial charge in [0.25, 0.3) is 5.91 Å². The smallest absolute Gasteiger partial charge is 0.367 e. The topological polar surface area (TPSA) is 91.7 Å². The second-order valence-electron chi connectivity index (χ2n) is 6.57. The molecule has 9 heteroatoms. The largest absolute Gasteiger partial charge is 0.497 e. The van der Waals surface area contributed by atoms with Crippen LogP contribution in [0.25, 0.3) is 17.1 Å². The molecule has 0 radical (unpaired) electrons. The first-order valence-corrected chi connectivity index (χ1v) is 10.6. The van der Waals surface area contributed by atoms with Crippen LogP contribution >= 0.6 is 11.3 Å². The molecule has 0 atom stereocenters. The fourth-order valence-electron chi connectivity index (χ4n) is 3.13. The Morgan fingerprint density at radius 1 is 1.19 bits per heavy atom. The second-order valence-corrected chi connectivity index (χ2v) is 7.43. The van der Waals surface area contributed by atoms with E-state index >= 15 is 0 Å². The maximum Gasteiger partial charge on any atom is 0.367 e. The summed E-state index contributed by atoms with van der Waals surface area (Å²) in [5.74, 6) is 0.0605. The van der Waals surface area contributed by atoms with Crippen molar-refractivity contribution in [2.24, 2.45) is 0 Å². The van der Waals surface area contributed by atoms with E-state index in [1.165, 1.54) is 11.3 Å². The summed E-state index contributed by atoms with van der Waals surface area (Å²) in [6, 6.07) is 9.29. The number of hydrogen-bond donors (Lipinski definition) is 1. The molecule has 1 amide bonds. The number of rotatable bonds is 9. The summed E-state index contributed by atoms with van der Waals surface area (Å²) >= 11 is 1.21. The maximum absolute atomic E-state index is 12.8. The number of methoxy groups -OCH3 is 2. The van der Waals surface area contributed by atoms with Gasteiger partial charge in [0.2, 0.25) is 5.01 Å². The highest BCUT2D eigenvalue weighted by Gasteiger charge is 2.22. The van der Waals surface area contributed by atoms with Crippen molar-refractivity contribution in [3.8, 4) is 22.8 Å². The van der Waals surface area contributed by atoms with Crippen LogP contribution in [0.3, 0.4) is 0 Å². The third-order valence-electron chi connectivity index (χ3n) is 4.63. The van der Waals surface area contributed by atoms with Crippen molar-refractivity contribution >= 4 is 23.2 Å². The van der Waals surface area contributed by atoms with Crippen LogP contribution in [0.15, 0.2) is 35.7 Å². The summed E-state index contributed by atoms with van der Waals surface area (Å²) in [5, 5.41) is 4.91. The van der Waals surface area contributed by atoms with Gasteiger partial charge in [0, 0.05) is 30.4 Å². The third kappa shape index (κ3) is 4.95. The molecule has 0 saturated heterocycles. The normalized spacial score (nSPS) is 10.7. The van der Waals surface area contributed by atoms with E-state index in [1.54, 1.807) is 32.6 Å². The number of nitrogens with one attached hydrogen (secondary N) is 1. The minimum absolute atomic E-state index is 0.205. The van der Waals surface area contributed by atoms with E-state index in [1.807, 2.05) is 35.8 Å². The zero-order valence-corrected chi connectivity index (χ0v) is 18.7. The first kappa shape index (κ1) is 22.5. The van der Waals surface area contributed by atoms with Crippen LogP contribution in [-0.2, 0) is 9.47 Å². The average molecular weight is 444 g/mol. The van der Waals surface area contributed by atoms with E-state index < -0.39 is 5.97 Å². The number of hydrogen-bond acceptors (Lipinski definition) is 7. The van der Waals surface area contributed by atoms with Gasteiger partial charge < -0.3 is 24.1 Å². The maximum atomic E-state index is 12.8. The van der Waals surface area contributed by atoms with Crippen molar-refractivity contribution in [2.45, 2.75) is 13.8 Å². The van der Waals surface area contributed by atoms with E-state index in [-0.39, 0.29) is 17.5 Å². The molecule has 2 heterocycles. The first-order valence-electron chi connectivity index (χ1n) is 9.77.